The molecule has 20 heavy (non-hydrogen) atoms. The van der Waals surface area contributed by atoms with Gasteiger partial charge < -0.3 is 10.1 Å². The van der Waals surface area contributed by atoms with Crippen molar-refractivity contribution in [1.29, 1.82) is 0 Å². The standard InChI is InChI=1S/C13H15ClN2O3S/c1-2-19-12(18)9-4-3-8(14)7-10(9)11(17)16-13-15-5-6-20-13/h3,5-6,9-10H,2,4,7H2,1H3,(H,15,16,17)/t9-,10-/m1/s1. The predicted octanol–water partition coefficient (Wildman–Crippen LogP) is 2.79. The van der Waals surface area contributed by atoms with Crippen LogP contribution in [0.1, 0.15) is 19.8 Å². The Bertz CT molecular complexity index is 516. The first-order valence-corrected chi connectivity index (χ1v) is 7.59. The number of hydrogen-bond donors (Lipinski definition) is 1. The topological polar surface area (TPSA) is 68.3 Å². The van der Waals surface area contributed by atoms with Gasteiger partial charge in [0, 0.05) is 16.6 Å². The molecule has 5 nitrogen and oxygen atoms in total. The van der Waals surface area contributed by atoms with Crippen LogP contribution in [0.15, 0.2) is 22.7 Å². The van der Waals surface area contributed by atoms with Crippen LogP contribution in [-0.2, 0) is 14.3 Å². The Labute approximate surface area is 126 Å². The van der Waals surface area contributed by atoms with E-state index in [1.54, 1.807) is 24.6 Å². The number of nitrogens with zero attached hydrogens (tertiary/aromatic N) is 1. The van der Waals surface area contributed by atoms with Gasteiger partial charge in [0.05, 0.1) is 18.4 Å². The molecule has 1 heterocycles. The van der Waals surface area contributed by atoms with E-state index in [4.69, 9.17) is 16.3 Å². The number of rotatable bonds is 4. The fourth-order valence-corrected chi connectivity index (χ4v) is 2.91. The zero-order valence-corrected chi connectivity index (χ0v) is 12.5. The van der Waals surface area contributed by atoms with Crippen molar-refractivity contribution in [2.24, 2.45) is 11.8 Å². The lowest BCUT2D eigenvalue weighted by atomic mass is 9.82. The van der Waals surface area contributed by atoms with Crippen molar-refractivity contribution in [3.8, 4) is 0 Å². The summed E-state index contributed by atoms with van der Waals surface area (Å²) in [5.41, 5.74) is 0. The Hall–Kier alpha value is -1.40. The summed E-state index contributed by atoms with van der Waals surface area (Å²) >= 11 is 7.33. The maximum atomic E-state index is 12.3. The van der Waals surface area contributed by atoms with E-state index in [2.05, 4.69) is 10.3 Å². The van der Waals surface area contributed by atoms with E-state index in [-0.39, 0.29) is 11.9 Å². The van der Waals surface area contributed by atoms with Gasteiger partial charge in [-0.05, 0) is 19.8 Å². The third kappa shape index (κ3) is 3.58. The van der Waals surface area contributed by atoms with Crippen molar-refractivity contribution in [2.45, 2.75) is 19.8 Å². The SMILES string of the molecule is CCOC(=O)[C@@H]1CC=C(Cl)C[C@H]1C(=O)Nc1nccs1. The van der Waals surface area contributed by atoms with Gasteiger partial charge in [0.2, 0.25) is 5.91 Å². The van der Waals surface area contributed by atoms with Gasteiger partial charge in [0.1, 0.15) is 0 Å². The first-order chi connectivity index (χ1) is 9.61. The first kappa shape index (κ1) is 15.0. The number of anilines is 1. The maximum Gasteiger partial charge on any atom is 0.310 e. The monoisotopic (exact) mass is 314 g/mol. The predicted molar refractivity (Wildman–Crippen MR) is 77.5 cm³/mol. The van der Waals surface area contributed by atoms with Crippen LogP contribution in [0.4, 0.5) is 5.13 Å². The summed E-state index contributed by atoms with van der Waals surface area (Å²) in [4.78, 5) is 28.2. The molecule has 1 aromatic rings. The quantitative estimate of drug-likeness (QED) is 0.868. The average molecular weight is 315 g/mol. The largest absolute Gasteiger partial charge is 0.466 e. The van der Waals surface area contributed by atoms with Crippen molar-refractivity contribution in [3.63, 3.8) is 0 Å². The van der Waals surface area contributed by atoms with Gasteiger partial charge in [-0.15, -0.1) is 11.3 Å². The van der Waals surface area contributed by atoms with E-state index < -0.39 is 11.8 Å². The van der Waals surface area contributed by atoms with E-state index in [0.717, 1.165) is 0 Å². The molecule has 1 aromatic heterocycles. The van der Waals surface area contributed by atoms with Gasteiger partial charge in [-0.3, -0.25) is 9.59 Å². The molecule has 0 radical (unpaired) electrons. The molecule has 1 N–H and O–H groups in total. The third-order valence-electron chi connectivity index (χ3n) is 3.08. The molecule has 0 unspecified atom stereocenters. The first-order valence-electron chi connectivity index (χ1n) is 6.33. The van der Waals surface area contributed by atoms with Gasteiger partial charge in [0.15, 0.2) is 5.13 Å². The number of nitrogens with one attached hydrogen (secondary N) is 1. The molecule has 1 aliphatic rings. The number of carbonyl (C=O) groups is 2. The van der Waals surface area contributed by atoms with Crippen molar-refractivity contribution in [2.75, 3.05) is 11.9 Å². The van der Waals surface area contributed by atoms with Crippen LogP contribution in [0.3, 0.4) is 0 Å². The molecule has 0 bridgehead atoms. The molecule has 2 rings (SSSR count). The summed E-state index contributed by atoms with van der Waals surface area (Å²) in [7, 11) is 0. The molecule has 1 aliphatic carbocycles. The highest BCUT2D eigenvalue weighted by atomic mass is 35.5. The van der Waals surface area contributed by atoms with Crippen molar-refractivity contribution < 1.29 is 14.3 Å². The van der Waals surface area contributed by atoms with E-state index >= 15 is 0 Å². The summed E-state index contributed by atoms with van der Waals surface area (Å²) in [6.45, 7) is 2.04. The van der Waals surface area contributed by atoms with Crippen LogP contribution in [-0.4, -0.2) is 23.5 Å². The molecule has 0 aliphatic heterocycles. The Kier molecular flexibility index (Phi) is 5.14. The van der Waals surface area contributed by atoms with Crippen molar-refractivity contribution in [1.82, 2.24) is 4.98 Å². The molecule has 108 valence electrons. The van der Waals surface area contributed by atoms with Gasteiger partial charge >= 0.3 is 5.97 Å². The summed E-state index contributed by atoms with van der Waals surface area (Å²) in [5, 5.41) is 5.60. The zero-order valence-electron chi connectivity index (χ0n) is 11.0. The van der Waals surface area contributed by atoms with Gasteiger partial charge in [-0.2, -0.15) is 0 Å². The number of hydrogen-bond acceptors (Lipinski definition) is 5. The van der Waals surface area contributed by atoms with Gasteiger partial charge in [-0.1, -0.05) is 17.7 Å². The van der Waals surface area contributed by atoms with Crippen LogP contribution in [0.2, 0.25) is 0 Å². The Balaban J connectivity index is 2.10. The van der Waals surface area contributed by atoms with Crippen LogP contribution in [0.25, 0.3) is 0 Å². The average Bonchev–Trinajstić information content (AvgIpc) is 2.91. The zero-order chi connectivity index (χ0) is 14.5. The Morgan fingerprint density at radius 2 is 2.35 bits per heavy atom. The summed E-state index contributed by atoms with van der Waals surface area (Å²) in [5.74, 6) is -1.61. The lowest BCUT2D eigenvalue weighted by Gasteiger charge is -2.26. The van der Waals surface area contributed by atoms with Gasteiger partial charge in [-0.25, -0.2) is 4.98 Å². The number of aromatic nitrogens is 1. The highest BCUT2D eigenvalue weighted by molar-refractivity contribution is 7.13. The van der Waals surface area contributed by atoms with Crippen LogP contribution in [0.5, 0.6) is 0 Å². The molecule has 1 amide bonds. The highest BCUT2D eigenvalue weighted by Gasteiger charge is 2.37. The summed E-state index contributed by atoms with van der Waals surface area (Å²) in [6.07, 6.45) is 4.16. The number of ether oxygens (including phenoxy) is 1. The number of halogens is 1. The highest BCUT2D eigenvalue weighted by Crippen LogP contribution is 2.33. The number of esters is 1. The fourth-order valence-electron chi connectivity index (χ4n) is 2.12. The minimum atomic E-state index is -0.518. The maximum absolute atomic E-state index is 12.3. The number of allylic oxidation sites excluding steroid dienone is 2. The molecule has 7 heteroatoms. The second kappa shape index (κ2) is 6.85. The van der Waals surface area contributed by atoms with Crippen molar-refractivity contribution in [3.05, 3.63) is 22.7 Å². The number of carbonyl (C=O) groups excluding carboxylic acids is 2. The lowest BCUT2D eigenvalue weighted by Crippen LogP contribution is -2.36. The fraction of sp³-hybridized carbons (Fsp3) is 0.462. The molecule has 2 atom stereocenters. The minimum absolute atomic E-state index is 0.246. The molecular formula is C13H15ClN2O3S. The molecular weight excluding hydrogens is 300 g/mol. The number of amides is 1. The molecule has 0 aromatic carbocycles. The molecule has 0 saturated carbocycles. The lowest BCUT2D eigenvalue weighted by molar-refractivity contribution is -0.152. The van der Waals surface area contributed by atoms with E-state index in [9.17, 15) is 9.59 Å². The minimum Gasteiger partial charge on any atom is -0.466 e. The smallest absolute Gasteiger partial charge is 0.310 e. The van der Waals surface area contributed by atoms with Crippen LogP contribution in [0, 0.1) is 11.8 Å². The van der Waals surface area contributed by atoms with E-state index in [1.165, 1.54) is 11.3 Å². The third-order valence-corrected chi connectivity index (χ3v) is 4.08. The number of thiazole rings is 1. The van der Waals surface area contributed by atoms with Crippen LogP contribution < -0.4 is 5.32 Å². The van der Waals surface area contributed by atoms with Crippen molar-refractivity contribution >= 4 is 39.9 Å². The molecule has 0 spiro atoms. The van der Waals surface area contributed by atoms with Crippen LogP contribution >= 0.6 is 22.9 Å². The second-order valence-corrected chi connectivity index (χ2v) is 5.76. The summed E-state index contributed by atoms with van der Waals surface area (Å²) < 4.78 is 5.03. The van der Waals surface area contributed by atoms with E-state index in [0.29, 0.717) is 29.6 Å². The van der Waals surface area contributed by atoms with Gasteiger partial charge in [0.25, 0.3) is 0 Å². The Morgan fingerprint density at radius 3 is 3.00 bits per heavy atom. The normalized spacial score (nSPS) is 22.0. The van der Waals surface area contributed by atoms with E-state index in [1.807, 2.05) is 0 Å². The second-order valence-electron chi connectivity index (χ2n) is 4.38. The molecule has 0 fully saturated rings. The summed E-state index contributed by atoms with van der Waals surface area (Å²) in [6, 6.07) is 0. The molecule has 0 saturated heterocycles. The Morgan fingerprint density at radius 1 is 1.55 bits per heavy atom.